The van der Waals surface area contributed by atoms with Gasteiger partial charge in [-0.15, -0.1) is 16.9 Å². The van der Waals surface area contributed by atoms with Crippen LogP contribution in [0.25, 0.3) is 0 Å². The fraction of sp³-hybridized carbons (Fsp3) is 0.182. The van der Waals surface area contributed by atoms with Crippen molar-refractivity contribution in [3.63, 3.8) is 0 Å². The van der Waals surface area contributed by atoms with Crippen molar-refractivity contribution in [3.05, 3.63) is 77.2 Å². The summed E-state index contributed by atoms with van der Waals surface area (Å²) in [7, 11) is -1.38. The van der Waals surface area contributed by atoms with E-state index in [2.05, 4.69) is 110 Å². The fourth-order valence-corrected chi connectivity index (χ4v) is 4.04. The molecule has 3 aromatic rings. The van der Waals surface area contributed by atoms with E-state index in [0.717, 1.165) is 5.56 Å². The lowest BCUT2D eigenvalue weighted by Gasteiger charge is -2.23. The predicted octanol–water partition coefficient (Wildman–Crippen LogP) is 6.76. The topological polar surface area (TPSA) is 3.24 Å². The minimum Gasteiger partial charge on any atom is -0.302 e. The lowest BCUT2D eigenvalue weighted by atomic mass is 10.2. The summed E-state index contributed by atoms with van der Waals surface area (Å²) in [4.78, 5) is 3.58. The van der Waals surface area contributed by atoms with E-state index in [1.165, 1.54) is 21.3 Å². The second-order valence-corrected chi connectivity index (χ2v) is 13.0. The highest BCUT2D eigenvalue weighted by atomic mass is 32.1. The molecule has 0 saturated carbocycles. The molecule has 0 atom stereocenters. The smallest absolute Gasteiger partial charge is 0.129 e. The largest absolute Gasteiger partial charge is 0.302 e. The van der Waals surface area contributed by atoms with Crippen LogP contribution in [0.1, 0.15) is 10.4 Å². The van der Waals surface area contributed by atoms with Gasteiger partial charge in [0.1, 0.15) is 13.1 Å². The molecule has 0 aliphatic carbocycles. The maximum Gasteiger partial charge on any atom is 0.129 e. The Morgan fingerprint density at radius 3 is 1.84 bits per heavy atom. The summed E-state index contributed by atoms with van der Waals surface area (Å²) in [5.74, 6) is 3.43. The average Bonchev–Trinajstić information content (AvgIpc) is 2.95. The maximum atomic E-state index is 3.49. The first-order valence-electron chi connectivity index (χ1n) is 8.48. The Bertz CT molecular complexity index is 856. The van der Waals surface area contributed by atoms with E-state index in [-0.39, 0.29) is 0 Å². The van der Waals surface area contributed by atoms with Crippen LogP contribution in [-0.2, 0) is 0 Å². The third-order valence-corrected chi connectivity index (χ3v) is 5.64. The summed E-state index contributed by atoms with van der Waals surface area (Å²) in [6.07, 6.45) is 0. The summed E-state index contributed by atoms with van der Waals surface area (Å²) in [5.41, 5.74) is 6.97. The SMILES string of the molecule is Cc1sc(N(c2ccccc2)c2ccccc2)cc1C#C[Si](C)(C)C. The van der Waals surface area contributed by atoms with E-state index in [1.54, 1.807) is 11.3 Å². The van der Waals surface area contributed by atoms with Gasteiger partial charge in [0.25, 0.3) is 0 Å². The van der Waals surface area contributed by atoms with Crippen molar-refractivity contribution in [1.82, 2.24) is 0 Å². The zero-order valence-corrected chi connectivity index (χ0v) is 17.0. The number of aryl methyl sites for hydroxylation is 1. The molecule has 1 aromatic heterocycles. The molecule has 1 nitrogen and oxygen atoms in total. The number of benzene rings is 2. The van der Waals surface area contributed by atoms with Gasteiger partial charge in [0.2, 0.25) is 0 Å². The molecule has 0 aliphatic rings. The maximum absolute atomic E-state index is 3.49. The molecule has 126 valence electrons. The van der Waals surface area contributed by atoms with Gasteiger partial charge in [0.05, 0.1) is 0 Å². The van der Waals surface area contributed by atoms with Gasteiger partial charge in [-0.05, 0) is 37.3 Å². The van der Waals surface area contributed by atoms with Gasteiger partial charge in [0.15, 0.2) is 0 Å². The molecule has 0 radical (unpaired) electrons. The Morgan fingerprint density at radius 2 is 1.36 bits per heavy atom. The van der Waals surface area contributed by atoms with Gasteiger partial charge in [-0.25, -0.2) is 0 Å². The Morgan fingerprint density at radius 1 is 0.840 bits per heavy atom. The quantitative estimate of drug-likeness (QED) is 0.368. The van der Waals surface area contributed by atoms with Crippen LogP contribution in [-0.4, -0.2) is 8.07 Å². The fourth-order valence-electron chi connectivity index (χ4n) is 2.51. The van der Waals surface area contributed by atoms with Crippen molar-refractivity contribution in [3.8, 4) is 11.5 Å². The molecule has 1 heterocycles. The van der Waals surface area contributed by atoms with Gasteiger partial charge >= 0.3 is 0 Å². The van der Waals surface area contributed by atoms with Crippen molar-refractivity contribution in [2.75, 3.05) is 4.90 Å². The Labute approximate surface area is 156 Å². The molecule has 0 fully saturated rings. The number of para-hydroxylation sites is 2. The Kier molecular flexibility index (Phi) is 5.13. The summed E-state index contributed by atoms with van der Waals surface area (Å²) >= 11 is 1.80. The van der Waals surface area contributed by atoms with E-state index in [0.29, 0.717) is 0 Å². The molecule has 3 rings (SSSR count). The standard InChI is InChI=1S/C22H23NSSi/c1-18-19(15-16-25(2,3)4)17-22(24-18)23(20-11-7-5-8-12-20)21-13-9-6-10-14-21/h5-14,17H,1-4H3. The van der Waals surface area contributed by atoms with Crippen LogP contribution in [0.2, 0.25) is 19.6 Å². The average molecular weight is 362 g/mol. The summed E-state index contributed by atoms with van der Waals surface area (Å²) in [6, 6.07) is 23.3. The summed E-state index contributed by atoms with van der Waals surface area (Å²) in [5, 5.41) is 1.20. The van der Waals surface area contributed by atoms with Gasteiger partial charge in [-0.3, -0.25) is 0 Å². The van der Waals surface area contributed by atoms with Gasteiger partial charge in [0, 0.05) is 21.8 Å². The van der Waals surface area contributed by atoms with Crippen LogP contribution in [0.3, 0.4) is 0 Å². The predicted molar refractivity (Wildman–Crippen MR) is 114 cm³/mol. The third kappa shape index (κ3) is 4.42. The lowest BCUT2D eigenvalue weighted by molar-refractivity contribution is 1.32. The number of hydrogen-bond donors (Lipinski definition) is 0. The van der Waals surface area contributed by atoms with Crippen LogP contribution in [0, 0.1) is 18.4 Å². The monoisotopic (exact) mass is 361 g/mol. The Hall–Kier alpha value is -2.28. The zero-order chi connectivity index (χ0) is 17.9. The number of hydrogen-bond acceptors (Lipinski definition) is 2. The van der Waals surface area contributed by atoms with Crippen molar-refractivity contribution in [2.45, 2.75) is 26.6 Å². The molecule has 0 unspecified atom stereocenters. The van der Waals surface area contributed by atoms with E-state index in [9.17, 15) is 0 Å². The molecule has 0 saturated heterocycles. The molecule has 0 aliphatic heterocycles. The second-order valence-electron chi connectivity index (χ2n) is 7.06. The second kappa shape index (κ2) is 7.31. The minimum absolute atomic E-state index is 1.15. The molecule has 0 amide bonds. The van der Waals surface area contributed by atoms with Crippen molar-refractivity contribution in [1.29, 1.82) is 0 Å². The van der Waals surface area contributed by atoms with E-state index < -0.39 is 8.07 Å². The van der Waals surface area contributed by atoms with Crippen molar-refractivity contribution < 1.29 is 0 Å². The Balaban J connectivity index is 2.07. The molecule has 0 N–H and O–H groups in total. The number of thiophene rings is 1. The normalized spacial score (nSPS) is 10.9. The molecular formula is C22H23NSSi. The van der Waals surface area contributed by atoms with Gasteiger partial charge < -0.3 is 4.90 Å². The van der Waals surface area contributed by atoms with Gasteiger partial charge in [-0.1, -0.05) is 62.0 Å². The van der Waals surface area contributed by atoms with Crippen LogP contribution < -0.4 is 4.90 Å². The molecule has 0 spiro atoms. The minimum atomic E-state index is -1.38. The zero-order valence-electron chi connectivity index (χ0n) is 15.2. The first kappa shape index (κ1) is 17.5. The molecule has 0 bridgehead atoms. The summed E-state index contributed by atoms with van der Waals surface area (Å²) < 4.78 is 0. The van der Waals surface area contributed by atoms with Crippen LogP contribution in [0.4, 0.5) is 16.4 Å². The highest BCUT2D eigenvalue weighted by molar-refractivity contribution is 7.16. The molecule has 3 heteroatoms. The highest BCUT2D eigenvalue weighted by Gasteiger charge is 2.16. The highest BCUT2D eigenvalue weighted by Crippen LogP contribution is 2.39. The number of nitrogens with zero attached hydrogens (tertiary/aromatic N) is 1. The van der Waals surface area contributed by atoms with Gasteiger partial charge in [-0.2, -0.15) is 0 Å². The van der Waals surface area contributed by atoms with Crippen LogP contribution >= 0.6 is 11.3 Å². The first-order chi connectivity index (χ1) is 11.9. The van der Waals surface area contributed by atoms with Crippen LogP contribution in [0.5, 0.6) is 0 Å². The first-order valence-corrected chi connectivity index (χ1v) is 12.8. The lowest BCUT2D eigenvalue weighted by Crippen LogP contribution is -2.16. The van der Waals surface area contributed by atoms with E-state index >= 15 is 0 Å². The molecule has 25 heavy (non-hydrogen) atoms. The van der Waals surface area contributed by atoms with Crippen LogP contribution in [0.15, 0.2) is 66.7 Å². The summed E-state index contributed by atoms with van der Waals surface area (Å²) in [6.45, 7) is 9.01. The third-order valence-electron chi connectivity index (χ3n) is 3.73. The van der Waals surface area contributed by atoms with E-state index in [4.69, 9.17) is 0 Å². The molecular weight excluding hydrogens is 338 g/mol. The van der Waals surface area contributed by atoms with Crippen molar-refractivity contribution >= 4 is 35.8 Å². The molecule has 2 aromatic carbocycles. The number of anilines is 3. The number of rotatable bonds is 3. The van der Waals surface area contributed by atoms with Crippen molar-refractivity contribution in [2.24, 2.45) is 0 Å². The van der Waals surface area contributed by atoms with E-state index in [1.807, 2.05) is 0 Å².